The predicted octanol–water partition coefficient (Wildman–Crippen LogP) is 5.20. The van der Waals surface area contributed by atoms with Crippen molar-refractivity contribution >= 4 is 12.0 Å². The number of imidazole rings is 1. The summed E-state index contributed by atoms with van der Waals surface area (Å²) in [5.74, 6) is 2.46. The Morgan fingerprint density at radius 1 is 1.41 bits per heavy atom. The van der Waals surface area contributed by atoms with E-state index in [1.54, 1.807) is 39.1 Å². The van der Waals surface area contributed by atoms with Gasteiger partial charge in [0.15, 0.2) is 0 Å². The highest BCUT2D eigenvalue weighted by molar-refractivity contribution is 5.99. The molecule has 0 aliphatic carbocycles. The molecule has 0 spiro atoms. The van der Waals surface area contributed by atoms with Crippen LogP contribution in [0.25, 0.3) is 17.3 Å². The van der Waals surface area contributed by atoms with Crippen LogP contribution < -0.4 is 4.74 Å². The third-order valence-electron chi connectivity index (χ3n) is 5.68. The van der Waals surface area contributed by atoms with E-state index in [2.05, 4.69) is 22.0 Å². The van der Waals surface area contributed by atoms with E-state index in [0.29, 0.717) is 35.7 Å². The van der Waals surface area contributed by atoms with Gasteiger partial charge in [-0.05, 0) is 57.0 Å². The summed E-state index contributed by atoms with van der Waals surface area (Å²) in [6, 6.07) is 5.38. The molecule has 0 bridgehead atoms. The number of terminal acetylenes is 1. The van der Waals surface area contributed by atoms with Gasteiger partial charge >= 0.3 is 6.61 Å². The number of hydrogen-bond acceptors (Lipinski definition) is 4. The smallest absolute Gasteiger partial charge is 0.387 e. The Morgan fingerprint density at radius 2 is 2.12 bits per heavy atom. The van der Waals surface area contributed by atoms with E-state index in [9.17, 15) is 18.8 Å². The number of hydrogen-bond donors (Lipinski definition) is 1. The van der Waals surface area contributed by atoms with E-state index >= 15 is 0 Å². The number of aromatic amines is 1. The van der Waals surface area contributed by atoms with Crippen LogP contribution in [0.3, 0.4) is 0 Å². The van der Waals surface area contributed by atoms with Crippen LogP contribution in [0.2, 0.25) is 0 Å². The van der Waals surface area contributed by atoms with Gasteiger partial charge in [-0.15, -0.1) is 6.42 Å². The molecule has 1 fully saturated rings. The Labute approximate surface area is 197 Å². The number of carbonyl (C=O) groups is 1. The van der Waals surface area contributed by atoms with Gasteiger partial charge in [0, 0.05) is 18.7 Å². The normalized spacial score (nSPS) is 14.7. The molecule has 8 heteroatoms. The summed E-state index contributed by atoms with van der Waals surface area (Å²) < 4.78 is 31.1. The summed E-state index contributed by atoms with van der Waals surface area (Å²) in [6.07, 6.45) is 12.4. The van der Waals surface area contributed by atoms with Crippen LogP contribution in [0.1, 0.15) is 42.5 Å². The van der Waals surface area contributed by atoms with Gasteiger partial charge in [-0.25, -0.2) is 4.98 Å². The van der Waals surface area contributed by atoms with Crippen molar-refractivity contribution in [3.8, 4) is 35.4 Å². The Hall–Kier alpha value is -3.91. The number of nitrogens with zero attached hydrogens (tertiary/aromatic N) is 3. The summed E-state index contributed by atoms with van der Waals surface area (Å²) in [6.45, 7) is 4.82. The molecule has 1 aliphatic rings. The SMILES string of the molecule is C#CC1CN(C(=O)c2c(C)cc(-c3cnc(/C=C(\C=C/C)C(C)(C)C#N)[nH]3)cc2OC(F)F)C1. The molecule has 3 rings (SSSR count). The lowest BCUT2D eigenvalue weighted by Gasteiger charge is -2.37. The van der Waals surface area contributed by atoms with Crippen molar-refractivity contribution in [3.63, 3.8) is 0 Å². The van der Waals surface area contributed by atoms with Crippen LogP contribution in [0, 0.1) is 41.9 Å². The lowest BCUT2D eigenvalue weighted by atomic mass is 9.85. The Balaban J connectivity index is 1.99. The second-order valence-electron chi connectivity index (χ2n) is 8.64. The molecule has 0 atom stereocenters. The summed E-state index contributed by atoms with van der Waals surface area (Å²) >= 11 is 0. The number of likely N-dealkylation sites (tertiary alicyclic amines) is 1. The molecule has 2 heterocycles. The predicted molar refractivity (Wildman–Crippen MR) is 126 cm³/mol. The van der Waals surface area contributed by atoms with Gasteiger partial charge in [0.1, 0.15) is 11.6 Å². The van der Waals surface area contributed by atoms with Crippen molar-refractivity contribution in [1.82, 2.24) is 14.9 Å². The topological polar surface area (TPSA) is 82.0 Å². The van der Waals surface area contributed by atoms with Crippen molar-refractivity contribution < 1.29 is 18.3 Å². The summed E-state index contributed by atoms with van der Waals surface area (Å²) in [5, 5.41) is 9.47. The number of H-pyrrole nitrogens is 1. The van der Waals surface area contributed by atoms with Crippen LogP contribution in [0.15, 0.2) is 36.1 Å². The minimum atomic E-state index is -3.09. The third-order valence-corrected chi connectivity index (χ3v) is 5.68. The van der Waals surface area contributed by atoms with Crippen molar-refractivity contribution in [2.24, 2.45) is 11.3 Å². The van der Waals surface area contributed by atoms with Gasteiger partial charge in [-0.2, -0.15) is 14.0 Å². The van der Waals surface area contributed by atoms with Crippen LogP contribution in [-0.4, -0.2) is 40.5 Å². The monoisotopic (exact) mass is 464 g/mol. The fourth-order valence-corrected chi connectivity index (χ4v) is 3.67. The molecule has 0 saturated carbocycles. The van der Waals surface area contributed by atoms with Crippen LogP contribution in [-0.2, 0) is 0 Å². The molecular weight excluding hydrogens is 438 g/mol. The summed E-state index contributed by atoms with van der Waals surface area (Å²) in [4.78, 5) is 21.9. The van der Waals surface area contributed by atoms with Crippen LogP contribution >= 0.6 is 0 Å². The largest absolute Gasteiger partial charge is 0.434 e. The first-order valence-electron chi connectivity index (χ1n) is 10.8. The number of rotatable bonds is 7. The standard InChI is InChI=1S/C26H26F2N4O2/c1-6-8-19(26(4,5)15-29)11-22-30-12-20(31-22)18-9-16(3)23(21(10-18)34-25(27)28)24(33)32-13-17(7-2)14-32/h2,6,8-12,17,25H,13-14H2,1,3-5H3,(H,30,31)/b8-6-,19-11+. The quantitative estimate of drug-likeness (QED) is 0.451. The van der Waals surface area contributed by atoms with Gasteiger partial charge < -0.3 is 14.6 Å². The summed E-state index contributed by atoms with van der Waals surface area (Å²) in [5.41, 5.74) is 1.70. The molecule has 0 unspecified atom stereocenters. The fraction of sp³-hybridized carbons (Fsp3) is 0.346. The number of ether oxygens (including phenoxy) is 1. The zero-order valence-electron chi connectivity index (χ0n) is 19.5. The second-order valence-corrected chi connectivity index (χ2v) is 8.64. The minimum Gasteiger partial charge on any atom is -0.434 e. The van der Waals surface area contributed by atoms with Crippen molar-refractivity contribution in [2.75, 3.05) is 13.1 Å². The molecule has 1 N–H and O–H groups in total. The fourth-order valence-electron chi connectivity index (χ4n) is 3.67. The van der Waals surface area contributed by atoms with Gasteiger partial charge in [0.25, 0.3) is 5.91 Å². The molecule has 176 valence electrons. The molecule has 34 heavy (non-hydrogen) atoms. The van der Waals surface area contributed by atoms with E-state index in [1.165, 1.54) is 11.0 Å². The molecule has 1 aromatic carbocycles. The van der Waals surface area contributed by atoms with E-state index < -0.39 is 17.9 Å². The van der Waals surface area contributed by atoms with Crippen molar-refractivity contribution in [3.05, 3.63) is 53.0 Å². The summed E-state index contributed by atoms with van der Waals surface area (Å²) in [7, 11) is 0. The van der Waals surface area contributed by atoms with E-state index in [-0.39, 0.29) is 17.2 Å². The highest BCUT2D eigenvalue weighted by atomic mass is 19.3. The van der Waals surface area contributed by atoms with Crippen molar-refractivity contribution in [2.45, 2.75) is 34.3 Å². The second kappa shape index (κ2) is 9.93. The number of alkyl halides is 2. The van der Waals surface area contributed by atoms with Crippen LogP contribution in [0.4, 0.5) is 8.78 Å². The molecule has 1 amide bonds. The van der Waals surface area contributed by atoms with E-state index in [4.69, 9.17) is 11.2 Å². The van der Waals surface area contributed by atoms with Gasteiger partial charge in [-0.3, -0.25) is 4.79 Å². The van der Waals surface area contributed by atoms with E-state index in [1.807, 2.05) is 19.1 Å². The number of halogens is 2. The lowest BCUT2D eigenvalue weighted by molar-refractivity contribution is -0.0503. The maximum Gasteiger partial charge on any atom is 0.387 e. The average Bonchev–Trinajstić information content (AvgIpc) is 3.20. The maximum absolute atomic E-state index is 13.2. The number of allylic oxidation sites excluding steroid dienone is 3. The Kier molecular flexibility index (Phi) is 7.22. The zero-order chi connectivity index (χ0) is 25.0. The molecule has 6 nitrogen and oxygen atoms in total. The Bertz CT molecular complexity index is 1220. The number of aromatic nitrogens is 2. The first kappa shape index (κ1) is 24.7. The first-order chi connectivity index (χ1) is 16.1. The molecule has 0 radical (unpaired) electrons. The minimum absolute atomic E-state index is 0.0297. The van der Waals surface area contributed by atoms with Gasteiger partial charge in [0.2, 0.25) is 0 Å². The number of benzene rings is 1. The number of aryl methyl sites for hydroxylation is 1. The van der Waals surface area contributed by atoms with Gasteiger partial charge in [-0.1, -0.05) is 18.1 Å². The van der Waals surface area contributed by atoms with Gasteiger partial charge in [0.05, 0.1) is 34.9 Å². The van der Waals surface area contributed by atoms with Crippen LogP contribution in [0.5, 0.6) is 5.75 Å². The number of nitrogens with one attached hydrogen (secondary N) is 1. The average molecular weight is 465 g/mol. The molecule has 1 aliphatic heterocycles. The number of nitriles is 1. The number of carbonyl (C=O) groups excluding carboxylic acids is 1. The molecular formula is C26H26F2N4O2. The number of amides is 1. The van der Waals surface area contributed by atoms with E-state index in [0.717, 1.165) is 5.57 Å². The lowest BCUT2D eigenvalue weighted by Crippen LogP contribution is -2.49. The Morgan fingerprint density at radius 3 is 2.71 bits per heavy atom. The highest BCUT2D eigenvalue weighted by Crippen LogP contribution is 2.34. The third kappa shape index (κ3) is 5.18. The molecule has 1 saturated heterocycles. The first-order valence-corrected chi connectivity index (χ1v) is 10.8. The highest BCUT2D eigenvalue weighted by Gasteiger charge is 2.33. The zero-order valence-corrected chi connectivity index (χ0v) is 19.5. The maximum atomic E-state index is 13.2. The van der Waals surface area contributed by atoms with Crippen molar-refractivity contribution in [1.29, 1.82) is 5.26 Å². The molecule has 1 aromatic heterocycles. The molecule has 2 aromatic rings.